The SMILES string of the molecule is CCCNCc1cc(F)ccc1B(O)OC(C)(C)C(C)(C)O. The molecule has 0 aromatic heterocycles. The molecule has 0 bridgehead atoms. The summed E-state index contributed by atoms with van der Waals surface area (Å²) < 4.78 is 19.1. The van der Waals surface area contributed by atoms with E-state index in [2.05, 4.69) is 5.32 Å². The fourth-order valence-corrected chi connectivity index (χ4v) is 1.85. The van der Waals surface area contributed by atoms with Crippen LogP contribution in [0.1, 0.15) is 46.6 Å². The van der Waals surface area contributed by atoms with Gasteiger partial charge in [0.2, 0.25) is 0 Å². The molecule has 1 aromatic rings. The number of halogens is 1. The summed E-state index contributed by atoms with van der Waals surface area (Å²) in [6.07, 6.45) is 0.968. The Morgan fingerprint density at radius 1 is 1.27 bits per heavy atom. The molecule has 3 N–H and O–H groups in total. The minimum absolute atomic E-state index is 0.356. The van der Waals surface area contributed by atoms with Crippen molar-refractivity contribution in [2.45, 2.75) is 58.8 Å². The zero-order chi connectivity index (χ0) is 17.0. The molecule has 0 heterocycles. The van der Waals surface area contributed by atoms with Crippen molar-refractivity contribution in [2.75, 3.05) is 6.54 Å². The van der Waals surface area contributed by atoms with Crippen molar-refractivity contribution < 1.29 is 19.2 Å². The quantitative estimate of drug-likeness (QED) is 0.504. The summed E-state index contributed by atoms with van der Waals surface area (Å²) in [6, 6.07) is 4.20. The van der Waals surface area contributed by atoms with E-state index in [1.54, 1.807) is 27.7 Å². The van der Waals surface area contributed by atoms with Gasteiger partial charge in [-0.1, -0.05) is 13.0 Å². The van der Waals surface area contributed by atoms with Crippen molar-refractivity contribution in [3.8, 4) is 0 Å². The van der Waals surface area contributed by atoms with E-state index in [9.17, 15) is 14.5 Å². The first-order valence-corrected chi connectivity index (χ1v) is 7.66. The van der Waals surface area contributed by atoms with Gasteiger partial charge in [-0.05, 0) is 63.8 Å². The number of hydrogen-bond donors (Lipinski definition) is 3. The van der Waals surface area contributed by atoms with Gasteiger partial charge < -0.3 is 20.1 Å². The lowest BCUT2D eigenvalue weighted by molar-refractivity contribution is -0.0982. The Hall–Kier alpha value is -0.945. The van der Waals surface area contributed by atoms with Crippen LogP contribution in [0.15, 0.2) is 18.2 Å². The zero-order valence-corrected chi connectivity index (χ0v) is 14.1. The summed E-state index contributed by atoms with van der Waals surface area (Å²) in [4.78, 5) is 0. The molecule has 0 aliphatic rings. The third kappa shape index (κ3) is 5.05. The standard InChI is InChI=1S/C16H27BFNO3/c1-6-9-19-11-12-10-13(18)7-8-14(12)17(21)22-16(4,5)15(2,3)20/h7-8,10,19-21H,6,9,11H2,1-5H3. The van der Waals surface area contributed by atoms with Crippen molar-refractivity contribution in [3.05, 3.63) is 29.6 Å². The first-order chi connectivity index (χ1) is 10.1. The molecule has 0 fully saturated rings. The highest BCUT2D eigenvalue weighted by atomic mass is 19.1. The van der Waals surface area contributed by atoms with Gasteiger partial charge in [-0.3, -0.25) is 0 Å². The van der Waals surface area contributed by atoms with E-state index >= 15 is 0 Å². The molecule has 4 nitrogen and oxygen atoms in total. The van der Waals surface area contributed by atoms with Gasteiger partial charge in [0.1, 0.15) is 5.82 Å². The first-order valence-electron chi connectivity index (χ1n) is 7.66. The van der Waals surface area contributed by atoms with Gasteiger partial charge in [0.15, 0.2) is 0 Å². The van der Waals surface area contributed by atoms with E-state index in [0.717, 1.165) is 13.0 Å². The lowest BCUT2D eigenvalue weighted by Crippen LogP contribution is -2.53. The van der Waals surface area contributed by atoms with Gasteiger partial charge in [0, 0.05) is 6.54 Å². The van der Waals surface area contributed by atoms with E-state index in [-0.39, 0.29) is 5.82 Å². The molecule has 1 aromatic carbocycles. The number of benzene rings is 1. The molecule has 22 heavy (non-hydrogen) atoms. The van der Waals surface area contributed by atoms with E-state index in [1.165, 1.54) is 18.2 Å². The number of hydrogen-bond acceptors (Lipinski definition) is 4. The monoisotopic (exact) mass is 311 g/mol. The minimum Gasteiger partial charge on any atom is -0.423 e. The second kappa shape index (κ2) is 7.55. The van der Waals surface area contributed by atoms with E-state index in [4.69, 9.17) is 4.65 Å². The molecule has 0 aliphatic heterocycles. The summed E-state index contributed by atoms with van der Waals surface area (Å²) in [5, 5.41) is 23.7. The van der Waals surface area contributed by atoms with Crippen LogP contribution in [-0.4, -0.2) is 35.0 Å². The Morgan fingerprint density at radius 3 is 2.45 bits per heavy atom. The summed E-state index contributed by atoms with van der Waals surface area (Å²) >= 11 is 0. The molecule has 0 saturated heterocycles. The molecule has 6 heteroatoms. The first kappa shape index (κ1) is 19.1. The van der Waals surface area contributed by atoms with Crippen LogP contribution in [0.2, 0.25) is 0 Å². The van der Waals surface area contributed by atoms with Crippen LogP contribution < -0.4 is 10.8 Å². The minimum atomic E-state index is -1.24. The Morgan fingerprint density at radius 2 is 1.91 bits per heavy atom. The van der Waals surface area contributed by atoms with Gasteiger partial charge >= 0.3 is 7.12 Å². The highest BCUT2D eigenvalue weighted by Crippen LogP contribution is 2.25. The smallest absolute Gasteiger partial charge is 0.423 e. The van der Waals surface area contributed by atoms with Crippen molar-refractivity contribution in [3.63, 3.8) is 0 Å². The highest BCUT2D eigenvalue weighted by molar-refractivity contribution is 6.60. The van der Waals surface area contributed by atoms with Crippen LogP contribution in [0, 0.1) is 5.82 Å². The fourth-order valence-electron chi connectivity index (χ4n) is 1.85. The van der Waals surface area contributed by atoms with Crippen molar-refractivity contribution in [2.24, 2.45) is 0 Å². The van der Waals surface area contributed by atoms with Crippen LogP contribution in [0.5, 0.6) is 0 Å². The second-order valence-electron chi connectivity index (χ2n) is 6.56. The predicted molar refractivity (Wildman–Crippen MR) is 87.5 cm³/mol. The van der Waals surface area contributed by atoms with Gasteiger partial charge in [-0.2, -0.15) is 0 Å². The molecule has 124 valence electrons. The highest BCUT2D eigenvalue weighted by Gasteiger charge is 2.40. The molecule has 0 unspecified atom stereocenters. The molecule has 1 rings (SSSR count). The Bertz CT molecular complexity index is 489. The van der Waals surface area contributed by atoms with Crippen LogP contribution in [-0.2, 0) is 11.2 Å². The molecule has 0 spiro atoms. The molecule has 0 atom stereocenters. The van der Waals surface area contributed by atoms with E-state index in [0.29, 0.717) is 17.6 Å². The van der Waals surface area contributed by atoms with Crippen molar-refractivity contribution in [1.82, 2.24) is 5.32 Å². The van der Waals surface area contributed by atoms with Crippen molar-refractivity contribution in [1.29, 1.82) is 0 Å². The lowest BCUT2D eigenvalue weighted by Gasteiger charge is -2.38. The normalized spacial score (nSPS) is 12.5. The van der Waals surface area contributed by atoms with Crippen molar-refractivity contribution >= 4 is 12.6 Å². The van der Waals surface area contributed by atoms with E-state index in [1.807, 2.05) is 6.92 Å². The maximum atomic E-state index is 13.5. The second-order valence-corrected chi connectivity index (χ2v) is 6.56. The Kier molecular flexibility index (Phi) is 6.56. The molecular weight excluding hydrogens is 284 g/mol. The number of nitrogens with one attached hydrogen (secondary N) is 1. The molecular formula is C16H27BFNO3. The van der Waals surface area contributed by atoms with Crippen LogP contribution in [0.3, 0.4) is 0 Å². The Balaban J connectivity index is 2.95. The van der Waals surface area contributed by atoms with Crippen LogP contribution >= 0.6 is 0 Å². The zero-order valence-electron chi connectivity index (χ0n) is 14.1. The third-order valence-corrected chi connectivity index (χ3v) is 3.99. The molecule has 0 radical (unpaired) electrons. The lowest BCUT2D eigenvalue weighted by atomic mass is 9.74. The summed E-state index contributed by atoms with van der Waals surface area (Å²) in [7, 11) is -1.24. The number of rotatable bonds is 8. The summed E-state index contributed by atoms with van der Waals surface area (Å²) in [6.45, 7) is 9.95. The average molecular weight is 311 g/mol. The topological polar surface area (TPSA) is 61.7 Å². The Labute approximate surface area is 132 Å². The largest absolute Gasteiger partial charge is 0.491 e. The summed E-state index contributed by atoms with van der Waals surface area (Å²) in [5.41, 5.74) is -0.946. The van der Waals surface area contributed by atoms with Gasteiger partial charge in [-0.25, -0.2) is 4.39 Å². The maximum Gasteiger partial charge on any atom is 0.491 e. The maximum absolute atomic E-state index is 13.5. The average Bonchev–Trinajstić information content (AvgIpc) is 2.37. The van der Waals surface area contributed by atoms with Gasteiger partial charge in [0.25, 0.3) is 0 Å². The van der Waals surface area contributed by atoms with Gasteiger partial charge in [0.05, 0.1) is 11.2 Å². The molecule has 0 aliphatic carbocycles. The summed E-state index contributed by atoms with van der Waals surface area (Å²) in [5.74, 6) is -0.356. The van der Waals surface area contributed by atoms with Crippen LogP contribution in [0.4, 0.5) is 4.39 Å². The molecule has 0 amide bonds. The van der Waals surface area contributed by atoms with E-state index < -0.39 is 18.3 Å². The predicted octanol–water partition coefficient (Wildman–Crippen LogP) is 1.58. The third-order valence-electron chi connectivity index (χ3n) is 3.99. The fraction of sp³-hybridized carbons (Fsp3) is 0.625. The number of aliphatic hydroxyl groups is 1. The van der Waals surface area contributed by atoms with Gasteiger partial charge in [-0.15, -0.1) is 0 Å². The van der Waals surface area contributed by atoms with Crippen LogP contribution in [0.25, 0.3) is 0 Å². The molecule has 0 saturated carbocycles.